The van der Waals surface area contributed by atoms with Crippen molar-refractivity contribution in [2.75, 3.05) is 26.3 Å². The third-order valence-corrected chi connectivity index (χ3v) is 3.36. The number of piperidine rings is 1. The third kappa shape index (κ3) is 2.69. The van der Waals surface area contributed by atoms with Crippen LogP contribution in [-0.2, 0) is 9.53 Å². The van der Waals surface area contributed by atoms with Crippen LogP contribution >= 0.6 is 0 Å². The first-order valence-electron chi connectivity index (χ1n) is 5.89. The fourth-order valence-corrected chi connectivity index (χ4v) is 2.31. The Bertz CT molecular complexity index is 219. The van der Waals surface area contributed by atoms with Gasteiger partial charge in [-0.2, -0.15) is 0 Å². The molecule has 1 atom stereocenters. The molecule has 0 aromatic rings. The number of carbonyl (C=O) groups excluding carboxylic acids is 1. The first kappa shape index (κ1) is 10.9. The predicted molar refractivity (Wildman–Crippen MR) is 57.3 cm³/mol. The molecule has 1 amide bonds. The number of nitrogens with two attached hydrogens (primary N) is 1. The van der Waals surface area contributed by atoms with Crippen molar-refractivity contribution in [2.24, 2.45) is 11.7 Å². The van der Waals surface area contributed by atoms with Crippen LogP contribution in [-0.4, -0.2) is 43.2 Å². The van der Waals surface area contributed by atoms with Crippen LogP contribution in [0.25, 0.3) is 0 Å². The molecule has 0 saturated carbocycles. The van der Waals surface area contributed by atoms with Crippen LogP contribution in [0.5, 0.6) is 0 Å². The van der Waals surface area contributed by atoms with Crippen molar-refractivity contribution >= 4 is 5.91 Å². The molecule has 0 bridgehead atoms. The van der Waals surface area contributed by atoms with Crippen molar-refractivity contribution in [3.05, 3.63) is 0 Å². The Labute approximate surface area is 90.8 Å². The Morgan fingerprint density at radius 3 is 2.60 bits per heavy atom. The van der Waals surface area contributed by atoms with Crippen LogP contribution in [0.3, 0.4) is 0 Å². The summed E-state index contributed by atoms with van der Waals surface area (Å²) in [7, 11) is 0. The van der Waals surface area contributed by atoms with Gasteiger partial charge >= 0.3 is 0 Å². The van der Waals surface area contributed by atoms with Crippen molar-refractivity contribution in [1.82, 2.24) is 4.90 Å². The van der Waals surface area contributed by atoms with E-state index in [0.29, 0.717) is 6.61 Å². The molecule has 86 valence electrons. The topological polar surface area (TPSA) is 55.6 Å². The van der Waals surface area contributed by atoms with Crippen molar-refractivity contribution in [1.29, 1.82) is 0 Å². The number of amides is 1. The van der Waals surface area contributed by atoms with Crippen LogP contribution < -0.4 is 5.73 Å². The van der Waals surface area contributed by atoms with Gasteiger partial charge in [0.15, 0.2) is 0 Å². The highest BCUT2D eigenvalue weighted by Crippen LogP contribution is 2.18. The zero-order valence-electron chi connectivity index (χ0n) is 9.15. The number of hydrogen-bond acceptors (Lipinski definition) is 3. The molecule has 4 nitrogen and oxygen atoms in total. The molecule has 2 heterocycles. The van der Waals surface area contributed by atoms with Crippen LogP contribution in [0.4, 0.5) is 0 Å². The number of carbonyl (C=O) groups is 1. The van der Waals surface area contributed by atoms with Crippen LogP contribution in [0.2, 0.25) is 0 Å². The van der Waals surface area contributed by atoms with Gasteiger partial charge in [0.05, 0.1) is 12.5 Å². The van der Waals surface area contributed by atoms with Crippen molar-refractivity contribution in [3.8, 4) is 0 Å². The first-order valence-corrected chi connectivity index (χ1v) is 5.89. The fourth-order valence-electron chi connectivity index (χ4n) is 2.31. The summed E-state index contributed by atoms with van der Waals surface area (Å²) < 4.78 is 5.34. The largest absolute Gasteiger partial charge is 0.381 e. The molecule has 2 saturated heterocycles. The lowest BCUT2D eigenvalue weighted by Crippen LogP contribution is -2.46. The summed E-state index contributed by atoms with van der Waals surface area (Å²) in [4.78, 5) is 14.0. The fraction of sp³-hybridized carbons (Fsp3) is 0.909. The summed E-state index contributed by atoms with van der Waals surface area (Å²) in [6.07, 6.45) is 3.89. The van der Waals surface area contributed by atoms with E-state index in [9.17, 15) is 4.79 Å². The van der Waals surface area contributed by atoms with Crippen molar-refractivity contribution in [3.63, 3.8) is 0 Å². The second-order valence-electron chi connectivity index (χ2n) is 4.58. The third-order valence-electron chi connectivity index (χ3n) is 3.36. The molecule has 15 heavy (non-hydrogen) atoms. The number of rotatable bonds is 1. The highest BCUT2D eigenvalue weighted by molar-refractivity contribution is 5.79. The van der Waals surface area contributed by atoms with E-state index in [1.54, 1.807) is 0 Å². The maximum absolute atomic E-state index is 12.1. The van der Waals surface area contributed by atoms with Gasteiger partial charge in [0.25, 0.3) is 0 Å². The molecule has 2 fully saturated rings. The van der Waals surface area contributed by atoms with Crippen molar-refractivity contribution in [2.45, 2.75) is 31.7 Å². The average Bonchev–Trinajstić information content (AvgIpc) is 2.30. The molecular weight excluding hydrogens is 192 g/mol. The quantitative estimate of drug-likeness (QED) is 0.683. The van der Waals surface area contributed by atoms with Gasteiger partial charge in [-0.25, -0.2) is 0 Å². The van der Waals surface area contributed by atoms with E-state index < -0.39 is 0 Å². The second-order valence-corrected chi connectivity index (χ2v) is 4.58. The van der Waals surface area contributed by atoms with Gasteiger partial charge in [0.2, 0.25) is 5.91 Å². The predicted octanol–water partition coefficient (Wildman–Crippen LogP) is 0.363. The Balaban J connectivity index is 1.84. The summed E-state index contributed by atoms with van der Waals surface area (Å²) in [5.74, 6) is 0.384. The van der Waals surface area contributed by atoms with Crippen LogP contribution in [0.1, 0.15) is 25.7 Å². The summed E-state index contributed by atoms with van der Waals surface area (Å²) in [5, 5.41) is 0. The number of nitrogens with zero attached hydrogens (tertiary/aromatic N) is 1. The molecule has 0 aromatic carbocycles. The molecule has 0 spiro atoms. The highest BCUT2D eigenvalue weighted by Gasteiger charge is 2.28. The minimum Gasteiger partial charge on any atom is -0.381 e. The van der Waals surface area contributed by atoms with E-state index in [4.69, 9.17) is 10.5 Å². The molecule has 0 aliphatic carbocycles. The number of ether oxygens (including phenoxy) is 1. The van der Waals surface area contributed by atoms with E-state index in [1.165, 1.54) is 0 Å². The smallest absolute Gasteiger partial charge is 0.228 e. The van der Waals surface area contributed by atoms with E-state index in [-0.39, 0.29) is 17.9 Å². The van der Waals surface area contributed by atoms with E-state index in [0.717, 1.165) is 45.4 Å². The summed E-state index contributed by atoms with van der Waals surface area (Å²) in [5.41, 5.74) is 5.81. The Hall–Kier alpha value is -0.610. The van der Waals surface area contributed by atoms with Gasteiger partial charge in [-0.3, -0.25) is 4.79 Å². The SMILES string of the molecule is NC1CCN(C(=O)C2CCCOC2)CC1. The number of likely N-dealkylation sites (tertiary alicyclic amines) is 1. The zero-order chi connectivity index (χ0) is 10.7. The molecule has 0 radical (unpaired) electrons. The molecule has 0 aromatic heterocycles. The molecule has 2 rings (SSSR count). The van der Waals surface area contributed by atoms with Crippen molar-refractivity contribution < 1.29 is 9.53 Å². The maximum atomic E-state index is 12.1. The van der Waals surface area contributed by atoms with Crippen LogP contribution in [0, 0.1) is 5.92 Å². The Morgan fingerprint density at radius 2 is 2.00 bits per heavy atom. The van der Waals surface area contributed by atoms with Gasteiger partial charge in [-0.15, -0.1) is 0 Å². The molecule has 2 N–H and O–H groups in total. The summed E-state index contributed by atoms with van der Waals surface area (Å²) in [6.45, 7) is 3.09. The van der Waals surface area contributed by atoms with E-state index in [2.05, 4.69) is 0 Å². The molecule has 2 aliphatic heterocycles. The van der Waals surface area contributed by atoms with Crippen LogP contribution in [0.15, 0.2) is 0 Å². The summed E-state index contributed by atoms with van der Waals surface area (Å²) in [6, 6.07) is 0.289. The van der Waals surface area contributed by atoms with Gasteiger partial charge in [-0.05, 0) is 25.7 Å². The van der Waals surface area contributed by atoms with E-state index >= 15 is 0 Å². The second kappa shape index (κ2) is 4.94. The molecule has 2 aliphatic rings. The first-order chi connectivity index (χ1) is 7.27. The lowest BCUT2D eigenvalue weighted by Gasteiger charge is -2.33. The minimum atomic E-state index is 0.105. The van der Waals surface area contributed by atoms with Gasteiger partial charge in [0, 0.05) is 25.7 Å². The Morgan fingerprint density at radius 1 is 1.27 bits per heavy atom. The van der Waals surface area contributed by atoms with E-state index in [1.807, 2.05) is 4.90 Å². The Kier molecular flexibility index (Phi) is 3.59. The lowest BCUT2D eigenvalue weighted by molar-refractivity contribution is -0.140. The minimum absolute atomic E-state index is 0.105. The lowest BCUT2D eigenvalue weighted by atomic mass is 9.98. The highest BCUT2D eigenvalue weighted by atomic mass is 16.5. The monoisotopic (exact) mass is 212 g/mol. The zero-order valence-corrected chi connectivity index (χ0v) is 9.15. The molecular formula is C11H20N2O2. The number of hydrogen-bond donors (Lipinski definition) is 1. The average molecular weight is 212 g/mol. The normalized spacial score (nSPS) is 29.1. The summed E-state index contributed by atoms with van der Waals surface area (Å²) >= 11 is 0. The van der Waals surface area contributed by atoms with Gasteiger partial charge in [-0.1, -0.05) is 0 Å². The van der Waals surface area contributed by atoms with Gasteiger partial charge < -0.3 is 15.4 Å². The maximum Gasteiger partial charge on any atom is 0.228 e. The molecule has 1 unspecified atom stereocenters. The van der Waals surface area contributed by atoms with Gasteiger partial charge in [0.1, 0.15) is 0 Å². The molecule has 4 heteroatoms. The standard InChI is InChI=1S/C11H20N2O2/c12-10-3-5-13(6-4-10)11(14)9-2-1-7-15-8-9/h9-10H,1-8,12H2.